The predicted molar refractivity (Wildman–Crippen MR) is 74.0 cm³/mol. The van der Waals surface area contributed by atoms with E-state index in [1.54, 1.807) is 13.3 Å². The Labute approximate surface area is 108 Å². The van der Waals surface area contributed by atoms with Crippen LogP contribution in [0.4, 0.5) is 5.69 Å². The quantitative estimate of drug-likeness (QED) is 0.893. The Morgan fingerprint density at radius 1 is 1.22 bits per heavy atom. The van der Waals surface area contributed by atoms with Gasteiger partial charge in [0.1, 0.15) is 5.75 Å². The molecular weight excluding hydrogens is 224 g/mol. The monoisotopic (exact) mass is 242 g/mol. The highest BCUT2D eigenvalue weighted by Crippen LogP contribution is 2.21. The largest absolute Gasteiger partial charge is 0.496 e. The van der Waals surface area contributed by atoms with Crippen LogP contribution in [0.25, 0.3) is 0 Å². The normalized spacial score (nSPS) is 10.2. The molecule has 0 saturated carbocycles. The molecule has 0 fully saturated rings. The molecule has 1 aromatic heterocycles. The van der Waals surface area contributed by atoms with Crippen LogP contribution in [0, 0.1) is 13.8 Å². The van der Waals surface area contributed by atoms with Gasteiger partial charge in [0, 0.05) is 18.3 Å². The molecule has 0 aliphatic rings. The lowest BCUT2D eigenvalue weighted by Gasteiger charge is -2.12. The lowest BCUT2D eigenvalue weighted by molar-refractivity contribution is 0.410. The van der Waals surface area contributed by atoms with E-state index in [9.17, 15) is 0 Å². The molecule has 0 amide bonds. The third kappa shape index (κ3) is 2.80. The Hall–Kier alpha value is -2.03. The van der Waals surface area contributed by atoms with E-state index in [1.165, 1.54) is 11.1 Å². The lowest BCUT2D eigenvalue weighted by Crippen LogP contribution is -2.03. The molecule has 1 N–H and O–H groups in total. The van der Waals surface area contributed by atoms with Crippen LogP contribution in [0.1, 0.15) is 16.7 Å². The second-order valence-corrected chi connectivity index (χ2v) is 4.36. The summed E-state index contributed by atoms with van der Waals surface area (Å²) in [5.74, 6) is 0.912. The minimum Gasteiger partial charge on any atom is -0.496 e. The predicted octanol–water partition coefficient (Wildman–Crippen LogP) is 3.32. The van der Waals surface area contributed by atoms with Gasteiger partial charge in [-0.15, -0.1) is 0 Å². The number of aromatic nitrogens is 1. The molecule has 18 heavy (non-hydrogen) atoms. The summed E-state index contributed by atoms with van der Waals surface area (Å²) in [5.41, 5.74) is 4.63. The van der Waals surface area contributed by atoms with Crippen LogP contribution in [0.2, 0.25) is 0 Å². The second-order valence-electron chi connectivity index (χ2n) is 4.36. The maximum Gasteiger partial charge on any atom is 0.123 e. The van der Waals surface area contributed by atoms with Gasteiger partial charge in [0.15, 0.2) is 0 Å². The highest BCUT2D eigenvalue weighted by Gasteiger charge is 2.04. The average molecular weight is 242 g/mol. The summed E-state index contributed by atoms with van der Waals surface area (Å²) in [5, 5.41) is 3.39. The number of nitrogens with one attached hydrogen (secondary N) is 1. The smallest absolute Gasteiger partial charge is 0.123 e. The van der Waals surface area contributed by atoms with Gasteiger partial charge in [-0.3, -0.25) is 4.98 Å². The number of nitrogens with zero attached hydrogens (tertiary/aromatic N) is 1. The third-order valence-electron chi connectivity index (χ3n) is 2.94. The van der Waals surface area contributed by atoms with Crippen LogP contribution < -0.4 is 10.1 Å². The van der Waals surface area contributed by atoms with E-state index in [0.29, 0.717) is 0 Å². The van der Waals surface area contributed by atoms with Crippen LogP contribution in [0.3, 0.4) is 0 Å². The van der Waals surface area contributed by atoms with Crippen molar-refractivity contribution in [3.05, 3.63) is 53.3 Å². The van der Waals surface area contributed by atoms with Gasteiger partial charge in [0.2, 0.25) is 0 Å². The molecular formula is C15H18N2O. The van der Waals surface area contributed by atoms with Crippen LogP contribution in [0.5, 0.6) is 5.75 Å². The van der Waals surface area contributed by atoms with Gasteiger partial charge < -0.3 is 10.1 Å². The van der Waals surface area contributed by atoms with Gasteiger partial charge in [-0.2, -0.15) is 0 Å². The highest BCUT2D eigenvalue weighted by molar-refractivity contribution is 5.49. The van der Waals surface area contributed by atoms with E-state index in [2.05, 4.69) is 36.3 Å². The first-order valence-corrected chi connectivity index (χ1v) is 5.98. The number of rotatable bonds is 4. The summed E-state index contributed by atoms with van der Waals surface area (Å²) in [7, 11) is 1.70. The summed E-state index contributed by atoms with van der Waals surface area (Å²) in [6, 6.07) is 8.19. The third-order valence-corrected chi connectivity index (χ3v) is 2.94. The lowest BCUT2D eigenvalue weighted by atomic mass is 10.1. The van der Waals surface area contributed by atoms with Crippen molar-refractivity contribution < 1.29 is 4.74 Å². The van der Waals surface area contributed by atoms with Crippen molar-refractivity contribution in [1.29, 1.82) is 0 Å². The Bertz CT molecular complexity index is 538. The van der Waals surface area contributed by atoms with Gasteiger partial charge >= 0.3 is 0 Å². The Morgan fingerprint density at radius 3 is 2.78 bits per heavy atom. The van der Waals surface area contributed by atoms with Crippen molar-refractivity contribution in [2.24, 2.45) is 0 Å². The zero-order valence-corrected chi connectivity index (χ0v) is 11.0. The minimum atomic E-state index is 0.734. The van der Waals surface area contributed by atoms with Crippen LogP contribution in [0.15, 0.2) is 36.7 Å². The van der Waals surface area contributed by atoms with Crippen molar-refractivity contribution in [3.63, 3.8) is 0 Å². The zero-order valence-electron chi connectivity index (χ0n) is 11.0. The summed E-state index contributed by atoms with van der Waals surface area (Å²) >= 11 is 0. The Balaban J connectivity index is 2.15. The SMILES string of the molecule is COc1ccc(C)cc1CNc1cnccc1C. The topological polar surface area (TPSA) is 34.1 Å². The Morgan fingerprint density at radius 2 is 2.06 bits per heavy atom. The molecule has 0 aliphatic carbocycles. The number of aryl methyl sites for hydroxylation is 2. The average Bonchev–Trinajstić information content (AvgIpc) is 2.38. The van der Waals surface area contributed by atoms with Crippen molar-refractivity contribution in [3.8, 4) is 5.75 Å². The number of pyridine rings is 1. The van der Waals surface area contributed by atoms with Crippen LogP contribution >= 0.6 is 0 Å². The zero-order chi connectivity index (χ0) is 13.0. The van der Waals surface area contributed by atoms with Crippen molar-refractivity contribution in [2.45, 2.75) is 20.4 Å². The molecule has 0 aliphatic heterocycles. The molecule has 0 unspecified atom stereocenters. The van der Waals surface area contributed by atoms with E-state index in [1.807, 2.05) is 18.3 Å². The number of anilines is 1. The van der Waals surface area contributed by atoms with E-state index in [4.69, 9.17) is 4.74 Å². The fraction of sp³-hybridized carbons (Fsp3) is 0.267. The van der Waals surface area contributed by atoms with Crippen molar-refractivity contribution >= 4 is 5.69 Å². The first-order chi connectivity index (χ1) is 8.70. The van der Waals surface area contributed by atoms with Gasteiger partial charge in [-0.25, -0.2) is 0 Å². The van der Waals surface area contributed by atoms with E-state index in [0.717, 1.165) is 23.5 Å². The fourth-order valence-electron chi connectivity index (χ4n) is 1.89. The second kappa shape index (κ2) is 5.54. The summed E-state index contributed by atoms with van der Waals surface area (Å²) < 4.78 is 5.36. The van der Waals surface area contributed by atoms with Gasteiger partial charge in [-0.05, 0) is 31.5 Å². The number of benzene rings is 1. The number of methoxy groups -OCH3 is 1. The summed E-state index contributed by atoms with van der Waals surface area (Å²) in [4.78, 5) is 4.12. The number of hydrogen-bond acceptors (Lipinski definition) is 3. The van der Waals surface area contributed by atoms with Crippen LogP contribution in [-0.2, 0) is 6.54 Å². The summed E-state index contributed by atoms with van der Waals surface area (Å²) in [6.07, 6.45) is 3.64. The van der Waals surface area contributed by atoms with Gasteiger partial charge in [-0.1, -0.05) is 17.7 Å². The Kier molecular flexibility index (Phi) is 3.82. The molecule has 3 nitrogen and oxygen atoms in total. The standard InChI is InChI=1S/C15H18N2O/c1-11-4-5-15(18-3)13(8-11)9-17-14-10-16-7-6-12(14)2/h4-8,10,17H,9H2,1-3H3. The maximum absolute atomic E-state index is 5.36. The van der Waals surface area contributed by atoms with Crippen LogP contribution in [-0.4, -0.2) is 12.1 Å². The molecule has 1 heterocycles. The van der Waals surface area contributed by atoms with Gasteiger partial charge in [0.25, 0.3) is 0 Å². The maximum atomic E-state index is 5.36. The molecule has 0 spiro atoms. The molecule has 2 aromatic rings. The molecule has 0 saturated heterocycles. The first-order valence-electron chi connectivity index (χ1n) is 5.98. The molecule has 0 radical (unpaired) electrons. The fourth-order valence-corrected chi connectivity index (χ4v) is 1.89. The molecule has 94 valence electrons. The van der Waals surface area contributed by atoms with E-state index < -0.39 is 0 Å². The number of ether oxygens (including phenoxy) is 1. The van der Waals surface area contributed by atoms with Crippen molar-refractivity contribution in [1.82, 2.24) is 4.98 Å². The van der Waals surface area contributed by atoms with Gasteiger partial charge in [0.05, 0.1) is 19.0 Å². The first kappa shape index (κ1) is 12.4. The number of hydrogen-bond donors (Lipinski definition) is 1. The molecule has 1 aromatic carbocycles. The van der Waals surface area contributed by atoms with Crippen molar-refractivity contribution in [2.75, 3.05) is 12.4 Å². The molecule has 2 rings (SSSR count). The minimum absolute atomic E-state index is 0.734. The highest BCUT2D eigenvalue weighted by atomic mass is 16.5. The van der Waals surface area contributed by atoms with E-state index >= 15 is 0 Å². The summed E-state index contributed by atoms with van der Waals surface area (Å²) in [6.45, 7) is 4.88. The molecule has 0 bridgehead atoms. The molecule has 0 atom stereocenters. The van der Waals surface area contributed by atoms with E-state index in [-0.39, 0.29) is 0 Å². The molecule has 3 heteroatoms.